The van der Waals surface area contributed by atoms with E-state index in [1.54, 1.807) is 42.6 Å². The van der Waals surface area contributed by atoms with Gasteiger partial charge in [0.25, 0.3) is 5.91 Å². The maximum absolute atomic E-state index is 13.5. The van der Waals surface area contributed by atoms with E-state index >= 15 is 0 Å². The van der Waals surface area contributed by atoms with Gasteiger partial charge in [-0.1, -0.05) is 29.7 Å². The van der Waals surface area contributed by atoms with Gasteiger partial charge in [-0.3, -0.25) is 4.79 Å². The highest BCUT2D eigenvalue weighted by Gasteiger charge is 2.33. The first kappa shape index (κ1) is 20.7. The number of hydrogen-bond donors (Lipinski definition) is 0. The maximum Gasteiger partial charge on any atom is 0.417 e. The molecule has 154 valence electrons. The zero-order chi connectivity index (χ0) is 22.0. The summed E-state index contributed by atoms with van der Waals surface area (Å²) in [6.07, 6.45) is 0.270. The van der Waals surface area contributed by atoms with Crippen LogP contribution in [0.1, 0.15) is 38.3 Å². The van der Waals surface area contributed by atoms with Crippen LogP contribution in [0.25, 0.3) is 6.08 Å². The number of halogens is 4. The lowest BCUT2D eigenvalue weighted by atomic mass is 10.0. The van der Waals surface area contributed by atoms with Gasteiger partial charge in [-0.25, -0.2) is 4.98 Å². The lowest BCUT2D eigenvalue weighted by molar-refractivity contribution is -0.137. The summed E-state index contributed by atoms with van der Waals surface area (Å²) in [4.78, 5) is 18.4. The molecule has 3 nitrogen and oxygen atoms in total. The third-order valence-electron chi connectivity index (χ3n) is 4.70. The SMILES string of the molecule is O=C(c1ccc(C(F)(F)F)c(C#Cc2ccccn2)c1)N1C=Cc2ccc(Cl)cc2C1. The van der Waals surface area contributed by atoms with Crippen molar-refractivity contribution in [3.05, 3.63) is 106 Å². The van der Waals surface area contributed by atoms with E-state index in [-0.39, 0.29) is 17.7 Å². The third-order valence-corrected chi connectivity index (χ3v) is 4.94. The molecule has 2 aromatic carbocycles. The molecule has 0 spiro atoms. The molecule has 2 heterocycles. The average Bonchev–Trinajstić information content (AvgIpc) is 2.76. The Morgan fingerprint density at radius 1 is 1.06 bits per heavy atom. The fourth-order valence-electron chi connectivity index (χ4n) is 3.18. The van der Waals surface area contributed by atoms with E-state index in [1.807, 2.05) is 6.07 Å². The molecule has 0 N–H and O–H groups in total. The number of fused-ring (bicyclic) bond motifs is 1. The number of carbonyl (C=O) groups is 1. The Morgan fingerprint density at radius 2 is 1.90 bits per heavy atom. The monoisotopic (exact) mass is 438 g/mol. The van der Waals surface area contributed by atoms with Crippen molar-refractivity contribution in [1.82, 2.24) is 9.88 Å². The summed E-state index contributed by atoms with van der Waals surface area (Å²) in [6.45, 7) is 0.265. The van der Waals surface area contributed by atoms with E-state index in [0.717, 1.165) is 17.2 Å². The van der Waals surface area contributed by atoms with Crippen molar-refractivity contribution >= 4 is 23.6 Å². The molecular formula is C24H14ClF3N2O. The summed E-state index contributed by atoms with van der Waals surface area (Å²) in [5, 5.41) is 0.545. The first-order valence-corrected chi connectivity index (χ1v) is 9.61. The number of hydrogen-bond acceptors (Lipinski definition) is 2. The van der Waals surface area contributed by atoms with Crippen LogP contribution in [0.15, 0.2) is 67.0 Å². The van der Waals surface area contributed by atoms with Gasteiger partial charge in [0.1, 0.15) is 5.69 Å². The quantitative estimate of drug-likeness (QED) is 0.451. The Morgan fingerprint density at radius 3 is 2.65 bits per heavy atom. The molecule has 0 unspecified atom stereocenters. The van der Waals surface area contributed by atoms with Crippen molar-refractivity contribution in [1.29, 1.82) is 0 Å². The molecular weight excluding hydrogens is 425 g/mol. The second kappa shape index (κ2) is 8.29. The molecule has 0 atom stereocenters. The first-order chi connectivity index (χ1) is 14.8. The number of aromatic nitrogens is 1. The lowest BCUT2D eigenvalue weighted by Crippen LogP contribution is -2.27. The van der Waals surface area contributed by atoms with E-state index in [2.05, 4.69) is 16.8 Å². The smallest absolute Gasteiger partial charge is 0.311 e. The summed E-state index contributed by atoms with van der Waals surface area (Å²) < 4.78 is 40.4. The Bertz CT molecular complexity index is 1240. The van der Waals surface area contributed by atoms with Crippen LogP contribution in [-0.2, 0) is 12.7 Å². The number of alkyl halides is 3. The predicted molar refractivity (Wildman–Crippen MR) is 112 cm³/mol. The van der Waals surface area contributed by atoms with Crippen LogP contribution >= 0.6 is 11.6 Å². The molecule has 7 heteroatoms. The molecule has 1 amide bonds. The summed E-state index contributed by atoms with van der Waals surface area (Å²) in [6, 6.07) is 13.5. The molecule has 1 aromatic heterocycles. The molecule has 0 saturated heterocycles. The van der Waals surface area contributed by atoms with Gasteiger partial charge >= 0.3 is 6.18 Å². The van der Waals surface area contributed by atoms with Crippen molar-refractivity contribution < 1.29 is 18.0 Å². The van der Waals surface area contributed by atoms with E-state index in [1.165, 1.54) is 23.2 Å². The Hall–Kier alpha value is -3.56. The average molecular weight is 439 g/mol. The molecule has 31 heavy (non-hydrogen) atoms. The van der Waals surface area contributed by atoms with E-state index in [4.69, 9.17) is 11.6 Å². The fourth-order valence-corrected chi connectivity index (χ4v) is 3.38. The number of rotatable bonds is 1. The highest BCUT2D eigenvalue weighted by molar-refractivity contribution is 6.30. The third kappa shape index (κ3) is 4.62. The largest absolute Gasteiger partial charge is 0.417 e. The second-order valence-electron chi connectivity index (χ2n) is 6.82. The first-order valence-electron chi connectivity index (χ1n) is 9.23. The van der Waals surface area contributed by atoms with Gasteiger partial charge in [0.15, 0.2) is 0 Å². The van der Waals surface area contributed by atoms with Crippen molar-refractivity contribution in [3.8, 4) is 11.8 Å². The van der Waals surface area contributed by atoms with E-state index < -0.39 is 17.6 Å². The molecule has 0 fully saturated rings. The fraction of sp³-hybridized carbons (Fsp3) is 0.0833. The predicted octanol–water partition coefficient (Wildman–Crippen LogP) is 5.78. The van der Waals surface area contributed by atoms with Gasteiger partial charge < -0.3 is 4.90 Å². The summed E-state index contributed by atoms with van der Waals surface area (Å²) in [5.41, 5.74) is 1.04. The normalized spacial score (nSPS) is 12.7. The number of pyridine rings is 1. The van der Waals surface area contributed by atoms with E-state index in [9.17, 15) is 18.0 Å². The van der Waals surface area contributed by atoms with Crippen LogP contribution in [0.4, 0.5) is 13.2 Å². The van der Waals surface area contributed by atoms with Gasteiger partial charge in [0, 0.05) is 28.5 Å². The number of nitrogens with zero attached hydrogens (tertiary/aromatic N) is 2. The van der Waals surface area contributed by atoms with Crippen LogP contribution in [0.5, 0.6) is 0 Å². The van der Waals surface area contributed by atoms with Gasteiger partial charge in [-0.2, -0.15) is 13.2 Å². The topological polar surface area (TPSA) is 33.2 Å². The van der Waals surface area contributed by atoms with Gasteiger partial charge in [0.05, 0.1) is 12.1 Å². The molecule has 0 saturated carbocycles. The summed E-state index contributed by atoms with van der Waals surface area (Å²) in [5.74, 6) is 4.71. The number of carbonyl (C=O) groups excluding carboxylic acids is 1. The summed E-state index contributed by atoms with van der Waals surface area (Å²) in [7, 11) is 0. The number of benzene rings is 2. The van der Waals surface area contributed by atoms with Crippen LogP contribution in [0.3, 0.4) is 0 Å². The molecule has 0 bridgehead atoms. The molecule has 4 rings (SSSR count). The highest BCUT2D eigenvalue weighted by Crippen LogP contribution is 2.33. The second-order valence-corrected chi connectivity index (χ2v) is 7.25. The minimum absolute atomic E-state index is 0.105. The number of amides is 1. The Labute approximate surface area is 181 Å². The summed E-state index contributed by atoms with van der Waals surface area (Å²) >= 11 is 6.03. The van der Waals surface area contributed by atoms with Gasteiger partial charge in [-0.15, -0.1) is 0 Å². The van der Waals surface area contributed by atoms with Gasteiger partial charge in [-0.05, 0) is 65.6 Å². The van der Waals surface area contributed by atoms with Crippen molar-refractivity contribution in [2.45, 2.75) is 12.7 Å². The zero-order valence-electron chi connectivity index (χ0n) is 15.9. The van der Waals surface area contributed by atoms with E-state index in [0.29, 0.717) is 10.7 Å². The van der Waals surface area contributed by atoms with Crippen LogP contribution < -0.4 is 0 Å². The van der Waals surface area contributed by atoms with Crippen LogP contribution in [0, 0.1) is 11.8 Å². The maximum atomic E-state index is 13.5. The lowest BCUT2D eigenvalue weighted by Gasteiger charge is -2.24. The Kier molecular flexibility index (Phi) is 5.53. The zero-order valence-corrected chi connectivity index (χ0v) is 16.7. The van der Waals surface area contributed by atoms with Crippen LogP contribution in [0.2, 0.25) is 5.02 Å². The van der Waals surface area contributed by atoms with Crippen LogP contribution in [-0.4, -0.2) is 15.8 Å². The van der Waals surface area contributed by atoms with Crippen molar-refractivity contribution in [3.63, 3.8) is 0 Å². The molecule has 0 aliphatic carbocycles. The standard InChI is InChI=1S/C24H14ClF3N2O/c25-20-7-4-16-10-12-30(15-19(16)14-20)23(31)18-6-9-22(24(26,27)28)17(13-18)5-8-21-3-1-2-11-29-21/h1-4,6-7,9-14H,15H2. The van der Waals surface area contributed by atoms with Crippen molar-refractivity contribution in [2.75, 3.05) is 0 Å². The highest BCUT2D eigenvalue weighted by atomic mass is 35.5. The molecule has 1 aliphatic heterocycles. The molecule has 1 aliphatic rings. The minimum Gasteiger partial charge on any atom is -0.311 e. The molecule has 0 radical (unpaired) electrons. The molecule has 3 aromatic rings. The minimum atomic E-state index is -4.60. The van der Waals surface area contributed by atoms with Crippen molar-refractivity contribution in [2.24, 2.45) is 0 Å². The Balaban J connectivity index is 1.68. The van der Waals surface area contributed by atoms with Gasteiger partial charge in [0.2, 0.25) is 0 Å².